The third kappa shape index (κ3) is 9.33. The van der Waals surface area contributed by atoms with Crippen LogP contribution in [0.2, 0.25) is 0 Å². The third-order valence-corrected chi connectivity index (χ3v) is 9.25. The fourth-order valence-electron chi connectivity index (χ4n) is 5.51. The summed E-state index contributed by atoms with van der Waals surface area (Å²) in [5.74, 6) is -0.239. The van der Waals surface area contributed by atoms with Crippen LogP contribution in [0, 0.1) is 6.92 Å². The molecule has 3 N–H and O–H groups in total. The number of hydrogen-bond acceptors (Lipinski definition) is 8. The predicted octanol–water partition coefficient (Wildman–Crippen LogP) is 4.91. The number of rotatable bonds is 11. The third-order valence-electron chi connectivity index (χ3n) is 8.06. The molecule has 1 aromatic heterocycles. The lowest BCUT2D eigenvalue weighted by Crippen LogP contribution is -2.43. The summed E-state index contributed by atoms with van der Waals surface area (Å²) < 4.78 is 72.9. The van der Waals surface area contributed by atoms with Crippen LogP contribution >= 0.6 is 0 Å². The number of nitrogens with one attached hydrogen (secondary N) is 3. The number of ether oxygens (including phenoxy) is 1. The number of methoxy groups -OCH3 is 1. The minimum atomic E-state index is -4.72. The van der Waals surface area contributed by atoms with Crippen molar-refractivity contribution in [3.8, 4) is 5.75 Å². The molecule has 254 valence electrons. The molecule has 1 aliphatic rings. The molecule has 47 heavy (non-hydrogen) atoms. The summed E-state index contributed by atoms with van der Waals surface area (Å²) in [6.07, 6.45) is -0.0628. The van der Waals surface area contributed by atoms with Gasteiger partial charge < -0.3 is 20.7 Å². The molecule has 3 aromatic rings. The number of benzene rings is 2. The highest BCUT2D eigenvalue weighted by Crippen LogP contribution is 2.34. The summed E-state index contributed by atoms with van der Waals surface area (Å²) in [6.45, 7) is 3.27. The van der Waals surface area contributed by atoms with E-state index in [1.165, 1.54) is 27.1 Å². The molecule has 15 heteroatoms. The van der Waals surface area contributed by atoms with Crippen molar-refractivity contribution in [2.45, 2.75) is 70.6 Å². The Hall–Kier alpha value is -4.40. The van der Waals surface area contributed by atoms with E-state index in [-0.39, 0.29) is 54.1 Å². The van der Waals surface area contributed by atoms with E-state index in [0.29, 0.717) is 28.7 Å². The maximum atomic E-state index is 14.0. The molecule has 1 saturated carbocycles. The van der Waals surface area contributed by atoms with Crippen LogP contribution in [0.25, 0.3) is 0 Å². The summed E-state index contributed by atoms with van der Waals surface area (Å²) in [5, 5.41) is 8.82. The number of aromatic nitrogens is 2. The van der Waals surface area contributed by atoms with Crippen molar-refractivity contribution in [1.29, 1.82) is 0 Å². The maximum Gasteiger partial charge on any atom is 0.419 e. The van der Waals surface area contributed by atoms with Crippen LogP contribution in [0.5, 0.6) is 5.75 Å². The Morgan fingerprint density at radius 3 is 2.28 bits per heavy atom. The van der Waals surface area contributed by atoms with Gasteiger partial charge in [0.2, 0.25) is 21.9 Å². The molecule has 4 rings (SSSR count). The predicted molar refractivity (Wildman–Crippen MR) is 172 cm³/mol. The van der Waals surface area contributed by atoms with Gasteiger partial charge in [-0.25, -0.2) is 18.4 Å². The van der Waals surface area contributed by atoms with E-state index in [1.807, 2.05) is 0 Å². The summed E-state index contributed by atoms with van der Waals surface area (Å²) in [5.41, 5.74) is 1.11. The van der Waals surface area contributed by atoms with Gasteiger partial charge in [-0.3, -0.25) is 13.9 Å². The topological polar surface area (TPSA) is 143 Å². The minimum Gasteiger partial charge on any atom is -0.495 e. The first-order valence-corrected chi connectivity index (χ1v) is 16.9. The molecule has 11 nitrogen and oxygen atoms in total. The fourth-order valence-corrected chi connectivity index (χ4v) is 6.04. The lowest BCUT2D eigenvalue weighted by atomic mass is 9.91. The van der Waals surface area contributed by atoms with Crippen molar-refractivity contribution < 1.29 is 35.9 Å². The monoisotopic (exact) mass is 676 g/mol. The zero-order valence-electron chi connectivity index (χ0n) is 26.9. The van der Waals surface area contributed by atoms with Gasteiger partial charge in [-0.05, 0) is 80.8 Å². The number of sulfonamides is 1. The smallest absolute Gasteiger partial charge is 0.419 e. The van der Waals surface area contributed by atoms with Crippen molar-refractivity contribution >= 4 is 39.2 Å². The number of carbonyl (C=O) groups excluding carboxylic acids is 2. The quantitative estimate of drug-likeness (QED) is 0.260. The summed E-state index contributed by atoms with van der Waals surface area (Å²) in [4.78, 5) is 32.4. The molecule has 0 radical (unpaired) electrons. The van der Waals surface area contributed by atoms with Gasteiger partial charge in [0.25, 0.3) is 5.91 Å². The molecule has 1 aliphatic carbocycles. The standard InChI is InChI=1S/C32H39F3N6O5S/c1-19-6-7-21(28(16-19)41(3)47(5,44)45)8-14-26-25(32(33,34)35)18-36-31(39-26)40-27-15-9-22(17-29(27)46-4)30(43)38-24-12-10-23(11-13-24)37-20(2)42/h6-7,9,15-18,23-24H,8,10-14H2,1-5H3,(H,37,42)(H,38,43)(H,36,39,40). The Bertz CT molecular complexity index is 1730. The minimum absolute atomic E-state index is 0.0435. The van der Waals surface area contributed by atoms with Crippen LogP contribution in [0.4, 0.5) is 30.5 Å². The first-order chi connectivity index (χ1) is 22.0. The van der Waals surface area contributed by atoms with E-state index < -0.39 is 21.8 Å². The Labute approximate surface area is 272 Å². The number of carbonyl (C=O) groups is 2. The summed E-state index contributed by atoms with van der Waals surface area (Å²) in [7, 11) is -0.818. The van der Waals surface area contributed by atoms with Crippen LogP contribution in [0.15, 0.2) is 42.6 Å². The first kappa shape index (κ1) is 35.5. The van der Waals surface area contributed by atoms with Gasteiger partial charge in [-0.1, -0.05) is 12.1 Å². The van der Waals surface area contributed by atoms with E-state index in [9.17, 15) is 31.2 Å². The van der Waals surface area contributed by atoms with E-state index in [4.69, 9.17) is 4.74 Å². The van der Waals surface area contributed by atoms with Crippen molar-refractivity contribution in [3.63, 3.8) is 0 Å². The highest BCUT2D eigenvalue weighted by Gasteiger charge is 2.35. The molecule has 0 bridgehead atoms. The van der Waals surface area contributed by atoms with E-state index in [1.54, 1.807) is 37.3 Å². The maximum absolute atomic E-state index is 14.0. The molecule has 1 fully saturated rings. The largest absolute Gasteiger partial charge is 0.495 e. The lowest BCUT2D eigenvalue weighted by molar-refractivity contribution is -0.138. The van der Waals surface area contributed by atoms with Gasteiger partial charge in [-0.15, -0.1) is 0 Å². The number of anilines is 3. The molecule has 2 amide bonds. The number of amides is 2. The van der Waals surface area contributed by atoms with Gasteiger partial charge in [0, 0.05) is 37.8 Å². The van der Waals surface area contributed by atoms with E-state index in [0.717, 1.165) is 41.8 Å². The highest BCUT2D eigenvalue weighted by molar-refractivity contribution is 7.92. The average Bonchev–Trinajstić information content (AvgIpc) is 3.00. The van der Waals surface area contributed by atoms with E-state index in [2.05, 4.69) is 25.9 Å². The Morgan fingerprint density at radius 1 is 1.02 bits per heavy atom. The van der Waals surface area contributed by atoms with Crippen LogP contribution in [0.1, 0.15) is 65.3 Å². The van der Waals surface area contributed by atoms with Gasteiger partial charge in [0.15, 0.2) is 0 Å². The Kier molecular flexibility index (Phi) is 11.0. The molecule has 0 unspecified atom stereocenters. The number of halogens is 3. The van der Waals surface area contributed by atoms with Gasteiger partial charge in [-0.2, -0.15) is 13.2 Å². The molecule has 0 aliphatic heterocycles. The molecule has 2 aromatic carbocycles. The fraction of sp³-hybridized carbons (Fsp3) is 0.438. The van der Waals surface area contributed by atoms with Crippen molar-refractivity contribution in [1.82, 2.24) is 20.6 Å². The Morgan fingerprint density at radius 2 is 1.68 bits per heavy atom. The second kappa shape index (κ2) is 14.6. The molecular formula is C32H39F3N6O5S. The molecule has 0 spiro atoms. The van der Waals surface area contributed by atoms with Crippen LogP contribution < -0.4 is 25.0 Å². The van der Waals surface area contributed by atoms with Crippen LogP contribution in [-0.2, 0) is 33.8 Å². The zero-order valence-corrected chi connectivity index (χ0v) is 27.7. The number of alkyl halides is 3. The van der Waals surface area contributed by atoms with Crippen molar-refractivity contribution in [2.75, 3.05) is 30.0 Å². The zero-order chi connectivity index (χ0) is 34.5. The van der Waals surface area contributed by atoms with Crippen molar-refractivity contribution in [3.05, 3.63) is 70.5 Å². The van der Waals surface area contributed by atoms with Crippen molar-refractivity contribution in [2.24, 2.45) is 0 Å². The van der Waals surface area contributed by atoms with Crippen LogP contribution in [-0.4, -0.2) is 62.7 Å². The molecule has 1 heterocycles. The number of aryl methyl sites for hydroxylation is 3. The van der Waals surface area contributed by atoms with E-state index >= 15 is 0 Å². The lowest BCUT2D eigenvalue weighted by Gasteiger charge is -2.29. The van der Waals surface area contributed by atoms with Crippen LogP contribution in [0.3, 0.4) is 0 Å². The summed E-state index contributed by atoms with van der Waals surface area (Å²) in [6, 6.07) is 9.82. The van der Waals surface area contributed by atoms with Gasteiger partial charge in [0.1, 0.15) is 5.75 Å². The van der Waals surface area contributed by atoms with Gasteiger partial charge in [0.05, 0.1) is 36.0 Å². The summed E-state index contributed by atoms with van der Waals surface area (Å²) >= 11 is 0. The normalized spacial score (nSPS) is 16.7. The second-order valence-electron chi connectivity index (χ2n) is 11.7. The molecular weight excluding hydrogens is 637 g/mol. The Balaban J connectivity index is 1.51. The second-order valence-corrected chi connectivity index (χ2v) is 13.7. The highest BCUT2D eigenvalue weighted by atomic mass is 32.2. The molecule has 0 saturated heterocycles. The molecule has 0 atom stereocenters. The number of nitrogens with zero attached hydrogens (tertiary/aromatic N) is 3. The average molecular weight is 677 g/mol. The first-order valence-electron chi connectivity index (χ1n) is 15.0. The number of hydrogen-bond donors (Lipinski definition) is 3. The SMILES string of the molecule is COc1cc(C(=O)NC2CCC(NC(C)=O)CC2)ccc1Nc1ncc(C(F)(F)F)c(CCc2ccc(C)cc2N(C)S(C)(=O)=O)n1. The van der Waals surface area contributed by atoms with Gasteiger partial charge >= 0.3 is 6.18 Å².